The number of aromatic carboxylic acids is 1. The van der Waals surface area contributed by atoms with E-state index >= 15 is 0 Å². The lowest BCUT2D eigenvalue weighted by atomic mass is 10.0. The number of carboxylic acids is 1. The Balaban J connectivity index is 0.00000361. The van der Waals surface area contributed by atoms with Crippen LogP contribution in [0.1, 0.15) is 55.1 Å². The van der Waals surface area contributed by atoms with Crippen LogP contribution >= 0.6 is 0 Å². The highest BCUT2D eigenvalue weighted by Gasteiger charge is 2.24. The van der Waals surface area contributed by atoms with Gasteiger partial charge in [0.15, 0.2) is 0 Å². The smallest absolute Gasteiger partial charge is 0.339 e. The van der Waals surface area contributed by atoms with Gasteiger partial charge in [-0.25, -0.2) is 4.79 Å². The molecule has 0 spiro atoms. The first-order valence-corrected chi connectivity index (χ1v) is 6.97. The highest BCUT2D eigenvalue weighted by Crippen LogP contribution is 2.26. The largest absolute Gasteiger partial charge is 1.00 e. The van der Waals surface area contributed by atoms with Gasteiger partial charge in [-0.15, -0.1) is 0 Å². The zero-order valence-electron chi connectivity index (χ0n) is 13.0. The Hall–Kier alpha value is -1.00. The van der Waals surface area contributed by atoms with Gasteiger partial charge in [0.25, 0.3) is 0 Å². The number of hydrogen-bond donors (Lipinski definition) is 1. The van der Waals surface area contributed by atoms with E-state index in [9.17, 15) is 9.90 Å². The van der Waals surface area contributed by atoms with Crippen molar-refractivity contribution < 1.29 is 26.7 Å². The molecule has 0 bridgehead atoms. The summed E-state index contributed by atoms with van der Waals surface area (Å²) in [6.07, 6.45) is 0.782. The van der Waals surface area contributed by atoms with Gasteiger partial charge < -0.3 is 21.9 Å². The first kappa shape index (κ1) is 19.0. The van der Waals surface area contributed by atoms with E-state index in [1.165, 1.54) is 0 Å². The fourth-order valence-electron chi connectivity index (χ4n) is 2.30. The first-order valence-electron chi connectivity index (χ1n) is 6.97. The minimum atomic E-state index is -0.890. The fraction of sp³-hybridized carbons (Fsp3) is 0.667. The molecule has 1 aromatic rings. The van der Waals surface area contributed by atoms with Crippen LogP contribution in [0.2, 0.25) is 0 Å². The van der Waals surface area contributed by atoms with Crippen LogP contribution in [0.5, 0.6) is 0 Å². The Morgan fingerprint density at radius 3 is 2.25 bits per heavy atom. The molecule has 4 nitrogen and oxygen atoms in total. The maximum Gasteiger partial charge on any atom is 0.339 e. The van der Waals surface area contributed by atoms with Crippen LogP contribution in [-0.4, -0.2) is 29.1 Å². The molecule has 0 atom stereocenters. The number of nitrogens with zero attached hydrogens (tertiary/aromatic N) is 1. The average molecular weight is 303 g/mol. The molecule has 0 radical (unpaired) electrons. The number of carboxylic acid groups (broad SMARTS) is 1. The molecule has 0 amide bonds. The van der Waals surface area contributed by atoms with Gasteiger partial charge in [0, 0.05) is 18.5 Å². The van der Waals surface area contributed by atoms with Gasteiger partial charge in [0.1, 0.15) is 17.1 Å². The molecule has 1 N–H and O–H groups in total. The van der Waals surface area contributed by atoms with Crippen molar-refractivity contribution in [2.24, 2.45) is 5.92 Å². The first-order chi connectivity index (χ1) is 8.90. The van der Waals surface area contributed by atoms with Crippen molar-refractivity contribution in [3.63, 3.8) is 0 Å². The minimum absolute atomic E-state index is 0. The van der Waals surface area contributed by atoms with Crippen molar-refractivity contribution in [1.29, 1.82) is 0 Å². The molecular formula is C15H25ClNO3-. The van der Waals surface area contributed by atoms with Crippen LogP contribution in [0.3, 0.4) is 0 Å². The molecule has 0 saturated carbocycles. The van der Waals surface area contributed by atoms with Crippen molar-refractivity contribution in [1.82, 2.24) is 4.90 Å². The van der Waals surface area contributed by atoms with Crippen LogP contribution in [0.15, 0.2) is 4.42 Å². The SMILES string of the molecule is CCN(CC)Cc1c(CC(C)C)oc(C)c1C(=O)O.[Cl-]. The van der Waals surface area contributed by atoms with Crippen molar-refractivity contribution in [3.05, 3.63) is 22.6 Å². The molecule has 0 fully saturated rings. The quantitative estimate of drug-likeness (QED) is 0.789. The van der Waals surface area contributed by atoms with Crippen LogP contribution in [0.4, 0.5) is 0 Å². The van der Waals surface area contributed by atoms with Gasteiger partial charge in [0.05, 0.1) is 0 Å². The van der Waals surface area contributed by atoms with E-state index in [1.54, 1.807) is 6.92 Å². The van der Waals surface area contributed by atoms with E-state index in [-0.39, 0.29) is 12.4 Å². The van der Waals surface area contributed by atoms with Gasteiger partial charge in [-0.05, 0) is 25.9 Å². The zero-order chi connectivity index (χ0) is 14.6. The van der Waals surface area contributed by atoms with Crippen molar-refractivity contribution >= 4 is 5.97 Å². The average Bonchev–Trinajstić information content (AvgIpc) is 2.61. The third-order valence-corrected chi connectivity index (χ3v) is 3.35. The molecule has 1 rings (SSSR count). The number of aryl methyl sites for hydroxylation is 1. The lowest BCUT2D eigenvalue weighted by molar-refractivity contribution is -0.0000213. The van der Waals surface area contributed by atoms with Gasteiger partial charge >= 0.3 is 5.97 Å². The highest BCUT2D eigenvalue weighted by atomic mass is 35.5. The van der Waals surface area contributed by atoms with Gasteiger partial charge in [-0.1, -0.05) is 27.7 Å². The Labute approximate surface area is 127 Å². The molecule has 0 unspecified atom stereocenters. The van der Waals surface area contributed by atoms with Crippen LogP contribution in [0, 0.1) is 12.8 Å². The number of carbonyl (C=O) groups is 1. The molecule has 5 heteroatoms. The van der Waals surface area contributed by atoms with Crippen LogP contribution in [-0.2, 0) is 13.0 Å². The third kappa shape index (κ3) is 4.53. The normalized spacial score (nSPS) is 10.9. The van der Waals surface area contributed by atoms with Gasteiger partial charge in [-0.2, -0.15) is 0 Å². The molecule has 20 heavy (non-hydrogen) atoms. The van der Waals surface area contributed by atoms with E-state index in [0.29, 0.717) is 23.8 Å². The van der Waals surface area contributed by atoms with E-state index < -0.39 is 5.97 Å². The van der Waals surface area contributed by atoms with Gasteiger partial charge in [-0.3, -0.25) is 4.90 Å². The number of hydrogen-bond acceptors (Lipinski definition) is 3. The second-order valence-electron chi connectivity index (χ2n) is 5.30. The standard InChI is InChI=1S/C15H25NO3.ClH/c1-6-16(7-2)9-12-13(8-10(3)4)19-11(5)14(12)15(17)18;/h10H,6-9H2,1-5H3,(H,17,18);1H/p-1. The summed E-state index contributed by atoms with van der Waals surface area (Å²) in [5.41, 5.74) is 1.20. The lowest BCUT2D eigenvalue weighted by Gasteiger charge is -2.18. The maximum atomic E-state index is 11.4. The summed E-state index contributed by atoms with van der Waals surface area (Å²) in [5.74, 6) is 0.906. The molecule has 1 aromatic heterocycles. The second-order valence-corrected chi connectivity index (χ2v) is 5.30. The van der Waals surface area contributed by atoms with Crippen molar-refractivity contribution in [2.75, 3.05) is 13.1 Å². The van der Waals surface area contributed by atoms with E-state index in [0.717, 1.165) is 30.8 Å². The summed E-state index contributed by atoms with van der Waals surface area (Å²) in [7, 11) is 0. The lowest BCUT2D eigenvalue weighted by Crippen LogP contribution is -3.00. The minimum Gasteiger partial charge on any atom is -1.00 e. The highest BCUT2D eigenvalue weighted by molar-refractivity contribution is 5.90. The predicted molar refractivity (Wildman–Crippen MR) is 75.6 cm³/mol. The molecule has 1 heterocycles. The topological polar surface area (TPSA) is 53.7 Å². The molecule has 116 valence electrons. The third-order valence-electron chi connectivity index (χ3n) is 3.35. The molecule has 0 aromatic carbocycles. The predicted octanol–water partition coefficient (Wildman–Crippen LogP) is 0.331. The summed E-state index contributed by atoms with van der Waals surface area (Å²) >= 11 is 0. The Morgan fingerprint density at radius 1 is 1.30 bits per heavy atom. The fourth-order valence-corrected chi connectivity index (χ4v) is 2.30. The number of furan rings is 1. The maximum absolute atomic E-state index is 11.4. The molecule has 0 saturated heterocycles. The van der Waals surface area contributed by atoms with Crippen molar-refractivity contribution in [3.8, 4) is 0 Å². The Bertz CT molecular complexity index is 437. The summed E-state index contributed by atoms with van der Waals surface area (Å²) < 4.78 is 5.70. The molecular weight excluding hydrogens is 278 g/mol. The Morgan fingerprint density at radius 2 is 1.85 bits per heavy atom. The Kier molecular flexibility index (Phi) is 7.91. The summed E-state index contributed by atoms with van der Waals surface area (Å²) in [4.78, 5) is 13.6. The number of halogens is 1. The molecule has 0 aliphatic heterocycles. The van der Waals surface area contributed by atoms with E-state index in [4.69, 9.17) is 4.42 Å². The van der Waals surface area contributed by atoms with Crippen LogP contribution < -0.4 is 12.4 Å². The summed E-state index contributed by atoms with van der Waals surface area (Å²) in [6, 6.07) is 0. The van der Waals surface area contributed by atoms with E-state index in [2.05, 4.69) is 32.6 Å². The van der Waals surface area contributed by atoms with E-state index in [1.807, 2.05) is 0 Å². The van der Waals surface area contributed by atoms with Crippen LogP contribution in [0.25, 0.3) is 0 Å². The van der Waals surface area contributed by atoms with Crippen molar-refractivity contribution in [2.45, 2.75) is 47.6 Å². The monoisotopic (exact) mass is 302 g/mol. The van der Waals surface area contributed by atoms with Gasteiger partial charge in [0.2, 0.25) is 0 Å². The molecule has 0 aliphatic rings. The summed E-state index contributed by atoms with van der Waals surface area (Å²) in [5, 5.41) is 9.37. The zero-order valence-corrected chi connectivity index (χ0v) is 13.8. The summed E-state index contributed by atoms with van der Waals surface area (Å²) in [6.45, 7) is 12.6. The number of rotatable bonds is 7. The molecule has 0 aliphatic carbocycles. The second kappa shape index (κ2) is 8.32.